The zero-order valence-electron chi connectivity index (χ0n) is 10.4. The first kappa shape index (κ1) is 14.4. The van der Waals surface area contributed by atoms with Gasteiger partial charge in [0, 0.05) is 5.56 Å². The highest BCUT2D eigenvalue weighted by molar-refractivity contribution is 5.76. The molecule has 0 saturated heterocycles. The number of hydrogen-bond acceptors (Lipinski definition) is 3. The summed E-state index contributed by atoms with van der Waals surface area (Å²) in [5.74, 6) is -1.65. The van der Waals surface area contributed by atoms with Gasteiger partial charge in [-0.05, 0) is 25.5 Å². The molecule has 0 N–H and O–H groups in total. The zero-order chi connectivity index (χ0) is 13.5. The van der Waals surface area contributed by atoms with Crippen molar-refractivity contribution in [3.8, 4) is 5.75 Å². The van der Waals surface area contributed by atoms with Crippen molar-refractivity contribution in [1.82, 2.24) is 0 Å². The molecular formula is C13H16F2O3. The molecule has 1 aromatic carbocycles. The highest BCUT2D eigenvalue weighted by atomic mass is 19.1. The predicted molar refractivity (Wildman–Crippen MR) is 62.7 cm³/mol. The number of carbonyl (C=O) groups is 1. The van der Waals surface area contributed by atoms with Crippen molar-refractivity contribution in [2.75, 3.05) is 13.2 Å². The van der Waals surface area contributed by atoms with Crippen LogP contribution in [0.25, 0.3) is 0 Å². The minimum absolute atomic E-state index is 0.0525. The van der Waals surface area contributed by atoms with Crippen LogP contribution in [0.5, 0.6) is 5.75 Å². The number of hydrogen-bond donors (Lipinski definition) is 0. The summed E-state index contributed by atoms with van der Waals surface area (Å²) in [5.41, 5.74) is -0.0743. The third kappa shape index (κ3) is 3.68. The summed E-state index contributed by atoms with van der Waals surface area (Å²) in [6.45, 7) is 3.93. The summed E-state index contributed by atoms with van der Waals surface area (Å²) >= 11 is 0. The molecule has 100 valence electrons. The number of carbonyl (C=O) groups excluding carboxylic acids is 1. The highest BCUT2D eigenvalue weighted by Gasteiger charge is 2.22. The molecule has 1 atom stereocenters. The lowest BCUT2D eigenvalue weighted by Gasteiger charge is -2.10. The van der Waals surface area contributed by atoms with E-state index in [1.165, 1.54) is 12.1 Å². The van der Waals surface area contributed by atoms with Crippen molar-refractivity contribution in [2.24, 2.45) is 0 Å². The van der Waals surface area contributed by atoms with E-state index in [9.17, 15) is 13.6 Å². The molecule has 1 rings (SSSR count). The van der Waals surface area contributed by atoms with E-state index in [0.29, 0.717) is 6.61 Å². The van der Waals surface area contributed by atoms with Crippen molar-refractivity contribution in [3.05, 3.63) is 29.6 Å². The van der Waals surface area contributed by atoms with Gasteiger partial charge in [-0.2, -0.15) is 0 Å². The number of alkyl halides is 1. The Kier molecular flexibility index (Phi) is 5.55. The molecule has 0 amide bonds. The molecule has 0 aromatic heterocycles. The van der Waals surface area contributed by atoms with Crippen LogP contribution in [0.3, 0.4) is 0 Å². The maximum atomic E-state index is 13.6. The predicted octanol–water partition coefficient (Wildman–Crippen LogP) is 3.19. The van der Waals surface area contributed by atoms with Gasteiger partial charge in [-0.3, -0.25) is 0 Å². The maximum Gasteiger partial charge on any atom is 0.345 e. The second-order valence-corrected chi connectivity index (χ2v) is 3.65. The highest BCUT2D eigenvalue weighted by Crippen LogP contribution is 2.25. The third-order valence-corrected chi connectivity index (χ3v) is 2.20. The minimum Gasteiger partial charge on any atom is -0.491 e. The van der Waals surface area contributed by atoms with E-state index in [2.05, 4.69) is 4.74 Å². The molecule has 0 aliphatic rings. The molecular weight excluding hydrogens is 242 g/mol. The molecule has 5 heteroatoms. The van der Waals surface area contributed by atoms with Gasteiger partial charge in [-0.25, -0.2) is 13.6 Å². The molecule has 0 spiro atoms. The number of benzene rings is 1. The number of ether oxygens (including phenoxy) is 2. The lowest BCUT2D eigenvalue weighted by molar-refractivity contribution is -0.149. The Morgan fingerprint density at radius 2 is 2.11 bits per heavy atom. The van der Waals surface area contributed by atoms with Gasteiger partial charge in [-0.15, -0.1) is 0 Å². The third-order valence-electron chi connectivity index (χ3n) is 2.20. The van der Waals surface area contributed by atoms with Crippen molar-refractivity contribution < 1.29 is 23.0 Å². The zero-order valence-corrected chi connectivity index (χ0v) is 10.4. The Bertz CT molecular complexity index is 407. The van der Waals surface area contributed by atoms with Gasteiger partial charge >= 0.3 is 5.97 Å². The summed E-state index contributed by atoms with van der Waals surface area (Å²) in [4.78, 5) is 11.2. The summed E-state index contributed by atoms with van der Waals surface area (Å²) < 4.78 is 36.8. The Hall–Kier alpha value is -1.65. The molecule has 0 heterocycles. The van der Waals surface area contributed by atoms with E-state index < -0.39 is 18.0 Å². The van der Waals surface area contributed by atoms with E-state index in [1.807, 2.05) is 6.92 Å². The van der Waals surface area contributed by atoms with E-state index in [4.69, 9.17) is 4.74 Å². The molecule has 0 fully saturated rings. The number of halogens is 2. The molecule has 18 heavy (non-hydrogen) atoms. The van der Waals surface area contributed by atoms with Crippen LogP contribution in [0.15, 0.2) is 18.2 Å². The monoisotopic (exact) mass is 258 g/mol. The summed E-state index contributed by atoms with van der Waals surface area (Å²) in [5, 5.41) is 0. The average Bonchev–Trinajstić information content (AvgIpc) is 2.36. The van der Waals surface area contributed by atoms with Crippen LogP contribution < -0.4 is 4.74 Å². The quantitative estimate of drug-likeness (QED) is 0.735. The van der Waals surface area contributed by atoms with Crippen LogP contribution in [0.2, 0.25) is 0 Å². The number of esters is 1. The standard InChI is InChI=1S/C13H16F2O3/c1-3-7-18-11-6-5-9(8-10(11)14)12(15)13(16)17-4-2/h5-6,8,12H,3-4,7H2,1-2H3. The molecule has 1 unspecified atom stereocenters. The van der Waals surface area contributed by atoms with E-state index >= 15 is 0 Å². The van der Waals surface area contributed by atoms with Crippen molar-refractivity contribution in [2.45, 2.75) is 26.4 Å². The molecule has 0 saturated carbocycles. The molecule has 0 bridgehead atoms. The smallest absolute Gasteiger partial charge is 0.345 e. The van der Waals surface area contributed by atoms with Crippen LogP contribution >= 0.6 is 0 Å². The Balaban J connectivity index is 2.80. The van der Waals surface area contributed by atoms with Crippen molar-refractivity contribution in [1.29, 1.82) is 0 Å². The van der Waals surface area contributed by atoms with Crippen LogP contribution in [-0.2, 0) is 9.53 Å². The lowest BCUT2D eigenvalue weighted by atomic mass is 10.1. The Morgan fingerprint density at radius 1 is 1.39 bits per heavy atom. The van der Waals surface area contributed by atoms with Gasteiger partial charge in [0.2, 0.25) is 6.17 Å². The van der Waals surface area contributed by atoms with Crippen LogP contribution in [0, 0.1) is 5.82 Å². The first-order valence-corrected chi connectivity index (χ1v) is 5.83. The van der Waals surface area contributed by atoms with E-state index in [0.717, 1.165) is 12.5 Å². The first-order valence-electron chi connectivity index (χ1n) is 5.83. The normalized spacial score (nSPS) is 12.0. The van der Waals surface area contributed by atoms with Crippen molar-refractivity contribution in [3.63, 3.8) is 0 Å². The van der Waals surface area contributed by atoms with Gasteiger partial charge in [0.15, 0.2) is 11.6 Å². The molecule has 3 nitrogen and oxygen atoms in total. The topological polar surface area (TPSA) is 35.5 Å². The van der Waals surface area contributed by atoms with Gasteiger partial charge in [0.1, 0.15) is 0 Å². The molecule has 0 radical (unpaired) electrons. The first-order chi connectivity index (χ1) is 8.60. The lowest BCUT2D eigenvalue weighted by Crippen LogP contribution is -2.12. The second-order valence-electron chi connectivity index (χ2n) is 3.65. The molecule has 0 aliphatic heterocycles. The minimum atomic E-state index is -1.97. The molecule has 1 aromatic rings. The Labute approximate surface area is 105 Å². The number of rotatable bonds is 6. The van der Waals surface area contributed by atoms with Crippen LogP contribution in [0.4, 0.5) is 8.78 Å². The molecule has 0 aliphatic carbocycles. The largest absolute Gasteiger partial charge is 0.491 e. The fourth-order valence-corrected chi connectivity index (χ4v) is 1.36. The van der Waals surface area contributed by atoms with E-state index in [1.54, 1.807) is 6.92 Å². The summed E-state index contributed by atoms with van der Waals surface area (Å²) in [6, 6.07) is 3.58. The van der Waals surface area contributed by atoms with Crippen LogP contribution in [0.1, 0.15) is 32.0 Å². The van der Waals surface area contributed by atoms with Gasteiger partial charge in [0.25, 0.3) is 0 Å². The summed E-state index contributed by atoms with van der Waals surface area (Å²) in [6.07, 6.45) is -1.23. The van der Waals surface area contributed by atoms with Crippen LogP contribution in [-0.4, -0.2) is 19.2 Å². The Morgan fingerprint density at radius 3 is 2.67 bits per heavy atom. The van der Waals surface area contributed by atoms with Gasteiger partial charge in [-0.1, -0.05) is 13.0 Å². The van der Waals surface area contributed by atoms with Crippen molar-refractivity contribution >= 4 is 5.97 Å². The maximum absolute atomic E-state index is 13.6. The SMILES string of the molecule is CCCOc1ccc(C(F)C(=O)OCC)cc1F. The fraction of sp³-hybridized carbons (Fsp3) is 0.462. The average molecular weight is 258 g/mol. The second kappa shape index (κ2) is 6.93. The fourth-order valence-electron chi connectivity index (χ4n) is 1.36. The van der Waals surface area contributed by atoms with E-state index in [-0.39, 0.29) is 17.9 Å². The van der Waals surface area contributed by atoms with Gasteiger partial charge in [0.05, 0.1) is 13.2 Å². The summed E-state index contributed by atoms with van der Waals surface area (Å²) in [7, 11) is 0. The van der Waals surface area contributed by atoms with Gasteiger partial charge < -0.3 is 9.47 Å².